The average Bonchev–Trinajstić information content (AvgIpc) is 3.03. The third-order valence-corrected chi connectivity index (χ3v) is 5.15. The van der Waals surface area contributed by atoms with Crippen molar-refractivity contribution in [1.82, 2.24) is 15.2 Å². The second-order valence-corrected chi connectivity index (χ2v) is 7.49. The first-order valence-electron chi connectivity index (χ1n) is 8.54. The van der Waals surface area contributed by atoms with E-state index in [1.165, 1.54) is 31.4 Å². The normalized spacial score (nSPS) is 17.9. The molecule has 1 amide bonds. The van der Waals surface area contributed by atoms with Crippen LogP contribution in [-0.2, 0) is 17.8 Å². The molecule has 1 fully saturated rings. The monoisotopic (exact) mass is 378 g/mol. The van der Waals surface area contributed by atoms with Gasteiger partial charge in [-0.2, -0.15) is 0 Å². The first kappa shape index (κ1) is 18.8. The van der Waals surface area contributed by atoms with E-state index in [-0.39, 0.29) is 17.5 Å². The predicted molar refractivity (Wildman–Crippen MR) is 100 cm³/mol. The van der Waals surface area contributed by atoms with Gasteiger partial charge in [0.25, 0.3) is 0 Å². The number of nitrogens with one attached hydrogen (secondary N) is 2. The molecule has 0 aliphatic carbocycles. The fourth-order valence-corrected chi connectivity index (χ4v) is 4.00. The molecule has 3 rings (SSSR count). The number of hydrogen-bond acceptors (Lipinski definition) is 6. The zero-order valence-electron chi connectivity index (χ0n) is 14.9. The lowest BCUT2D eigenvalue weighted by Crippen LogP contribution is -2.51. The quantitative estimate of drug-likeness (QED) is 0.807. The Labute approximate surface area is 156 Å². The molecule has 1 aliphatic rings. The first-order chi connectivity index (χ1) is 12.5. The third-order valence-electron chi connectivity index (χ3n) is 4.25. The van der Waals surface area contributed by atoms with Gasteiger partial charge in [0.15, 0.2) is 16.7 Å². The van der Waals surface area contributed by atoms with Crippen LogP contribution in [0.1, 0.15) is 17.4 Å². The van der Waals surface area contributed by atoms with E-state index >= 15 is 0 Å². The first-order valence-corrected chi connectivity index (χ1v) is 9.35. The number of thiazole rings is 1. The van der Waals surface area contributed by atoms with Crippen LogP contribution in [0.2, 0.25) is 0 Å². The lowest BCUT2D eigenvalue weighted by molar-refractivity contribution is -0.114. The summed E-state index contributed by atoms with van der Waals surface area (Å²) in [7, 11) is 1.48. The van der Waals surface area contributed by atoms with Crippen LogP contribution in [0.4, 0.5) is 9.52 Å². The number of anilines is 1. The van der Waals surface area contributed by atoms with Crippen molar-refractivity contribution >= 4 is 22.4 Å². The zero-order valence-corrected chi connectivity index (χ0v) is 15.7. The van der Waals surface area contributed by atoms with Gasteiger partial charge in [0, 0.05) is 50.2 Å². The Morgan fingerprint density at radius 1 is 1.54 bits per heavy atom. The predicted octanol–water partition coefficient (Wildman–Crippen LogP) is 2.27. The van der Waals surface area contributed by atoms with Crippen molar-refractivity contribution in [2.24, 2.45) is 0 Å². The van der Waals surface area contributed by atoms with Crippen LogP contribution in [-0.4, -0.2) is 48.6 Å². The van der Waals surface area contributed by atoms with Crippen molar-refractivity contribution in [2.45, 2.75) is 25.9 Å². The van der Waals surface area contributed by atoms with Crippen LogP contribution in [0.5, 0.6) is 5.75 Å². The molecule has 0 bridgehead atoms. The number of ether oxygens (including phenoxy) is 1. The van der Waals surface area contributed by atoms with Crippen molar-refractivity contribution < 1.29 is 13.9 Å². The second kappa shape index (κ2) is 8.57. The summed E-state index contributed by atoms with van der Waals surface area (Å²) < 4.78 is 18.6. The Hall–Kier alpha value is -2.03. The lowest BCUT2D eigenvalue weighted by atomic mass is 10.0. The Morgan fingerprint density at radius 3 is 3.15 bits per heavy atom. The zero-order chi connectivity index (χ0) is 18.5. The molecule has 1 atom stereocenters. The van der Waals surface area contributed by atoms with Crippen LogP contribution < -0.4 is 15.4 Å². The maximum atomic E-state index is 13.6. The van der Waals surface area contributed by atoms with Crippen LogP contribution in [0.3, 0.4) is 0 Å². The third kappa shape index (κ3) is 5.00. The molecule has 1 aliphatic heterocycles. The maximum absolute atomic E-state index is 13.6. The lowest BCUT2D eigenvalue weighted by Gasteiger charge is -2.33. The number of methoxy groups -OCH3 is 1. The molecular formula is C18H23FN4O2S. The summed E-state index contributed by atoms with van der Waals surface area (Å²) in [5.74, 6) is -0.164. The topological polar surface area (TPSA) is 66.5 Å². The summed E-state index contributed by atoms with van der Waals surface area (Å²) >= 11 is 1.50. The van der Waals surface area contributed by atoms with Gasteiger partial charge in [0.05, 0.1) is 7.11 Å². The van der Waals surface area contributed by atoms with Gasteiger partial charge in [-0.15, -0.1) is 11.3 Å². The highest BCUT2D eigenvalue weighted by molar-refractivity contribution is 7.15. The molecular weight excluding hydrogens is 355 g/mol. The Balaban J connectivity index is 1.57. The van der Waals surface area contributed by atoms with Gasteiger partial charge in [-0.1, -0.05) is 6.07 Å². The van der Waals surface area contributed by atoms with Gasteiger partial charge < -0.3 is 15.4 Å². The maximum Gasteiger partial charge on any atom is 0.223 e. The number of carbonyl (C=O) groups is 1. The number of benzene rings is 1. The summed E-state index contributed by atoms with van der Waals surface area (Å²) in [4.78, 5) is 18.8. The minimum absolute atomic E-state index is 0.108. The summed E-state index contributed by atoms with van der Waals surface area (Å²) in [5.41, 5.74) is 1.05. The highest BCUT2D eigenvalue weighted by atomic mass is 32.1. The summed E-state index contributed by atoms with van der Waals surface area (Å²) in [5, 5.41) is 6.87. The molecule has 0 radical (unpaired) electrons. The van der Waals surface area contributed by atoms with Crippen LogP contribution in [0.25, 0.3) is 0 Å². The van der Waals surface area contributed by atoms with E-state index in [9.17, 15) is 9.18 Å². The SMILES string of the molecule is COc1cc(CC2CN(Cc3cnc(NC(C)=O)s3)CCN2)ccc1F. The fraction of sp³-hybridized carbons (Fsp3) is 0.444. The largest absolute Gasteiger partial charge is 0.494 e. The Bertz CT molecular complexity index is 767. The molecule has 1 saturated heterocycles. The van der Waals surface area contributed by atoms with Crippen molar-refractivity contribution in [3.05, 3.63) is 40.7 Å². The number of hydrogen-bond donors (Lipinski definition) is 2. The number of piperazine rings is 1. The Morgan fingerprint density at radius 2 is 2.38 bits per heavy atom. The molecule has 2 N–H and O–H groups in total. The van der Waals surface area contributed by atoms with Crippen molar-refractivity contribution in [3.63, 3.8) is 0 Å². The molecule has 140 valence electrons. The summed E-state index contributed by atoms with van der Waals surface area (Å²) in [6.07, 6.45) is 2.63. The van der Waals surface area contributed by atoms with Gasteiger partial charge in [0.2, 0.25) is 5.91 Å². The van der Waals surface area contributed by atoms with Crippen LogP contribution in [0.15, 0.2) is 24.4 Å². The number of carbonyl (C=O) groups excluding carboxylic acids is 1. The molecule has 1 aromatic carbocycles. The highest BCUT2D eigenvalue weighted by Crippen LogP contribution is 2.22. The van der Waals surface area contributed by atoms with Crippen molar-refractivity contribution in [3.8, 4) is 5.75 Å². The van der Waals surface area contributed by atoms with Gasteiger partial charge in [-0.25, -0.2) is 9.37 Å². The molecule has 1 aromatic heterocycles. The molecule has 2 heterocycles. The fourth-order valence-electron chi connectivity index (χ4n) is 3.10. The smallest absolute Gasteiger partial charge is 0.223 e. The van der Waals surface area contributed by atoms with E-state index in [4.69, 9.17) is 4.74 Å². The number of aromatic nitrogens is 1. The standard InChI is InChI=1S/C18H23FN4O2S/c1-12(24)22-18-21-9-15(26-18)11-23-6-5-20-14(10-23)7-13-3-4-16(19)17(8-13)25-2/h3-4,8-9,14,20H,5-7,10-11H2,1-2H3,(H,21,22,24). The summed E-state index contributed by atoms with van der Waals surface area (Å²) in [6.45, 7) is 5.04. The number of nitrogens with zero attached hydrogens (tertiary/aromatic N) is 2. The average molecular weight is 378 g/mol. The van der Waals surface area contributed by atoms with Gasteiger partial charge >= 0.3 is 0 Å². The van der Waals surface area contributed by atoms with E-state index in [1.807, 2.05) is 6.20 Å². The van der Waals surface area contributed by atoms with E-state index in [1.54, 1.807) is 12.1 Å². The van der Waals surface area contributed by atoms with Gasteiger partial charge in [-0.05, 0) is 24.1 Å². The number of amides is 1. The molecule has 2 aromatic rings. The molecule has 0 spiro atoms. The highest BCUT2D eigenvalue weighted by Gasteiger charge is 2.21. The van der Waals surface area contributed by atoms with E-state index in [0.29, 0.717) is 11.2 Å². The van der Waals surface area contributed by atoms with E-state index < -0.39 is 0 Å². The number of rotatable bonds is 6. The molecule has 0 saturated carbocycles. The van der Waals surface area contributed by atoms with Gasteiger partial charge in [-0.3, -0.25) is 9.69 Å². The summed E-state index contributed by atoms with van der Waals surface area (Å²) in [6, 6.07) is 5.32. The van der Waals surface area contributed by atoms with Crippen LogP contribution in [0, 0.1) is 5.82 Å². The van der Waals surface area contributed by atoms with Crippen molar-refractivity contribution in [1.29, 1.82) is 0 Å². The van der Waals surface area contributed by atoms with Crippen molar-refractivity contribution in [2.75, 3.05) is 32.1 Å². The molecule has 6 nitrogen and oxygen atoms in total. The van der Waals surface area contributed by atoms with Crippen LogP contribution >= 0.6 is 11.3 Å². The minimum Gasteiger partial charge on any atom is -0.494 e. The molecule has 1 unspecified atom stereocenters. The number of halogens is 1. The van der Waals surface area contributed by atoms with Gasteiger partial charge in [0.1, 0.15) is 0 Å². The molecule has 8 heteroatoms. The molecule has 26 heavy (non-hydrogen) atoms. The Kier molecular flexibility index (Phi) is 6.18. The minimum atomic E-state index is -0.338. The van der Waals surface area contributed by atoms with E-state index in [2.05, 4.69) is 20.5 Å². The van der Waals surface area contributed by atoms with E-state index in [0.717, 1.165) is 43.0 Å². The second-order valence-electron chi connectivity index (χ2n) is 6.37.